The summed E-state index contributed by atoms with van der Waals surface area (Å²) in [6.45, 7) is 0. The average molecular weight is 188 g/mol. The van der Waals surface area contributed by atoms with Crippen LogP contribution in [-0.4, -0.2) is 46.1 Å². The summed E-state index contributed by atoms with van der Waals surface area (Å²) in [5.41, 5.74) is 0. The summed E-state index contributed by atoms with van der Waals surface area (Å²) in [6, 6.07) is 0. The topological polar surface area (TPSA) is 69.9 Å². The van der Waals surface area contributed by atoms with Gasteiger partial charge in [0.2, 0.25) is 0 Å². The van der Waals surface area contributed by atoms with Crippen LogP contribution in [0.3, 0.4) is 0 Å². The van der Waals surface area contributed by atoms with Crippen LogP contribution in [-0.2, 0) is 4.74 Å². The van der Waals surface area contributed by atoms with E-state index in [9.17, 15) is 13.2 Å². The number of alkyl halides is 3. The molecule has 0 bridgehead atoms. The molecule has 1 aliphatic rings. The number of hydrogen-bond acceptors (Lipinski definition) is 4. The van der Waals surface area contributed by atoms with Gasteiger partial charge >= 0.3 is 6.18 Å². The van der Waals surface area contributed by atoms with Gasteiger partial charge in [-0.25, -0.2) is 0 Å². The average Bonchev–Trinajstić information content (AvgIpc) is 2.15. The van der Waals surface area contributed by atoms with E-state index in [2.05, 4.69) is 4.74 Å². The summed E-state index contributed by atoms with van der Waals surface area (Å²) < 4.78 is 39.4. The standard InChI is InChI=1S/C5H7F3O4/c6-5(7,8)3-1(9)2(10)4(11)12-3/h1-4,9-11H/t1-,2-,3-,4+/m1/s1. The number of aliphatic hydroxyl groups excluding tert-OH is 3. The molecule has 12 heavy (non-hydrogen) atoms. The Hall–Kier alpha value is -0.370. The van der Waals surface area contributed by atoms with Crippen LogP contribution in [0.1, 0.15) is 0 Å². The van der Waals surface area contributed by atoms with Crippen molar-refractivity contribution in [3.8, 4) is 0 Å². The van der Waals surface area contributed by atoms with Gasteiger partial charge in [0.1, 0.15) is 12.2 Å². The van der Waals surface area contributed by atoms with Gasteiger partial charge in [0.25, 0.3) is 0 Å². The first kappa shape index (κ1) is 9.72. The maximum atomic E-state index is 11.9. The Bertz CT molecular complexity index is 171. The second kappa shape index (κ2) is 2.84. The van der Waals surface area contributed by atoms with Crippen molar-refractivity contribution in [3.05, 3.63) is 0 Å². The lowest BCUT2D eigenvalue weighted by Crippen LogP contribution is -2.40. The molecule has 0 unspecified atom stereocenters. The molecule has 0 aromatic heterocycles. The lowest BCUT2D eigenvalue weighted by molar-refractivity contribution is -0.248. The number of halogens is 3. The molecule has 4 atom stereocenters. The number of hydrogen-bond donors (Lipinski definition) is 3. The van der Waals surface area contributed by atoms with Crippen LogP contribution in [0.15, 0.2) is 0 Å². The Labute approximate surface area is 65.2 Å². The molecule has 0 aromatic carbocycles. The van der Waals surface area contributed by atoms with Gasteiger partial charge in [-0.05, 0) is 0 Å². The fourth-order valence-corrected chi connectivity index (χ4v) is 0.930. The highest BCUT2D eigenvalue weighted by atomic mass is 19.4. The molecule has 1 aliphatic heterocycles. The molecule has 0 radical (unpaired) electrons. The fourth-order valence-electron chi connectivity index (χ4n) is 0.930. The zero-order valence-electron chi connectivity index (χ0n) is 5.69. The Morgan fingerprint density at radius 1 is 1.00 bits per heavy atom. The summed E-state index contributed by atoms with van der Waals surface area (Å²) in [5, 5.41) is 26.0. The molecule has 7 heteroatoms. The molecular weight excluding hydrogens is 181 g/mol. The van der Waals surface area contributed by atoms with Crippen LogP contribution >= 0.6 is 0 Å². The Morgan fingerprint density at radius 2 is 1.50 bits per heavy atom. The maximum Gasteiger partial charge on any atom is 0.417 e. The molecule has 3 N–H and O–H groups in total. The largest absolute Gasteiger partial charge is 0.417 e. The minimum atomic E-state index is -4.78. The number of ether oxygens (including phenoxy) is 1. The molecule has 4 nitrogen and oxygen atoms in total. The molecule has 0 saturated carbocycles. The highest BCUT2D eigenvalue weighted by Crippen LogP contribution is 2.32. The van der Waals surface area contributed by atoms with E-state index in [-0.39, 0.29) is 0 Å². The third-order valence-electron chi connectivity index (χ3n) is 1.56. The van der Waals surface area contributed by atoms with Crippen LogP contribution in [0.2, 0.25) is 0 Å². The lowest BCUT2D eigenvalue weighted by atomic mass is 10.1. The molecule has 0 amide bonds. The molecule has 72 valence electrons. The van der Waals surface area contributed by atoms with Crippen molar-refractivity contribution in [2.75, 3.05) is 0 Å². The predicted octanol–water partition coefficient (Wildman–Crippen LogP) is -1.01. The lowest BCUT2D eigenvalue weighted by Gasteiger charge is -2.16. The summed E-state index contributed by atoms with van der Waals surface area (Å²) in [5.74, 6) is 0. The van der Waals surface area contributed by atoms with Crippen molar-refractivity contribution < 1.29 is 33.2 Å². The Kier molecular flexibility index (Phi) is 2.30. The monoisotopic (exact) mass is 188 g/mol. The van der Waals surface area contributed by atoms with Gasteiger partial charge in [-0.2, -0.15) is 13.2 Å². The van der Waals surface area contributed by atoms with Crippen molar-refractivity contribution >= 4 is 0 Å². The van der Waals surface area contributed by atoms with Crippen molar-refractivity contribution in [1.82, 2.24) is 0 Å². The first-order valence-electron chi connectivity index (χ1n) is 3.10. The van der Waals surface area contributed by atoms with Gasteiger partial charge in [0.05, 0.1) is 0 Å². The second-order valence-corrected chi connectivity index (χ2v) is 2.47. The third-order valence-corrected chi connectivity index (χ3v) is 1.56. The smallest absolute Gasteiger partial charge is 0.387 e. The first-order valence-corrected chi connectivity index (χ1v) is 3.10. The van der Waals surface area contributed by atoms with E-state index in [0.717, 1.165) is 0 Å². The van der Waals surface area contributed by atoms with Gasteiger partial charge in [0, 0.05) is 0 Å². The number of aliphatic hydroxyl groups is 3. The van der Waals surface area contributed by atoms with Gasteiger partial charge in [0.15, 0.2) is 12.4 Å². The quantitative estimate of drug-likeness (QED) is 0.455. The van der Waals surface area contributed by atoms with Gasteiger partial charge < -0.3 is 20.1 Å². The maximum absolute atomic E-state index is 11.9. The predicted molar refractivity (Wildman–Crippen MR) is 28.9 cm³/mol. The molecule has 0 aliphatic carbocycles. The van der Waals surface area contributed by atoms with Crippen molar-refractivity contribution in [1.29, 1.82) is 0 Å². The van der Waals surface area contributed by atoms with E-state index < -0.39 is 30.8 Å². The van der Waals surface area contributed by atoms with Crippen LogP contribution in [0.4, 0.5) is 13.2 Å². The fraction of sp³-hybridized carbons (Fsp3) is 1.00. The summed E-state index contributed by atoms with van der Waals surface area (Å²) in [7, 11) is 0. The van der Waals surface area contributed by atoms with Crippen LogP contribution in [0.25, 0.3) is 0 Å². The molecule has 0 aromatic rings. The SMILES string of the molecule is O[C@@H]1[C@@H](O)[C@@H](O)O[C@H]1C(F)(F)F. The Morgan fingerprint density at radius 3 is 1.67 bits per heavy atom. The molecule has 0 spiro atoms. The zero-order valence-corrected chi connectivity index (χ0v) is 5.69. The van der Waals surface area contributed by atoms with E-state index >= 15 is 0 Å². The van der Waals surface area contributed by atoms with Crippen LogP contribution in [0, 0.1) is 0 Å². The molecular formula is C5H7F3O4. The van der Waals surface area contributed by atoms with Gasteiger partial charge in [-0.1, -0.05) is 0 Å². The highest BCUT2D eigenvalue weighted by Gasteiger charge is 2.55. The van der Waals surface area contributed by atoms with E-state index in [1.54, 1.807) is 0 Å². The van der Waals surface area contributed by atoms with E-state index in [1.807, 2.05) is 0 Å². The summed E-state index contributed by atoms with van der Waals surface area (Å²) in [6.07, 6.45) is -13.3. The molecule has 1 rings (SSSR count). The zero-order chi connectivity index (χ0) is 9.52. The van der Waals surface area contributed by atoms with Crippen molar-refractivity contribution in [3.63, 3.8) is 0 Å². The first-order chi connectivity index (χ1) is 5.34. The Balaban J connectivity index is 2.71. The van der Waals surface area contributed by atoms with Gasteiger partial charge in [-0.3, -0.25) is 0 Å². The molecule has 1 heterocycles. The van der Waals surface area contributed by atoms with Crippen molar-refractivity contribution in [2.45, 2.75) is 30.8 Å². The molecule has 1 saturated heterocycles. The van der Waals surface area contributed by atoms with Crippen LogP contribution in [0.5, 0.6) is 0 Å². The van der Waals surface area contributed by atoms with Crippen LogP contribution < -0.4 is 0 Å². The van der Waals surface area contributed by atoms with Crippen molar-refractivity contribution in [2.24, 2.45) is 0 Å². The summed E-state index contributed by atoms with van der Waals surface area (Å²) in [4.78, 5) is 0. The van der Waals surface area contributed by atoms with Gasteiger partial charge in [-0.15, -0.1) is 0 Å². The highest BCUT2D eigenvalue weighted by molar-refractivity contribution is 4.89. The number of rotatable bonds is 0. The third kappa shape index (κ3) is 1.53. The minimum Gasteiger partial charge on any atom is -0.387 e. The van der Waals surface area contributed by atoms with E-state index in [0.29, 0.717) is 0 Å². The van der Waals surface area contributed by atoms with E-state index in [1.165, 1.54) is 0 Å². The molecule has 1 fully saturated rings. The van der Waals surface area contributed by atoms with E-state index in [4.69, 9.17) is 15.3 Å². The minimum absolute atomic E-state index is 1.91. The normalized spacial score (nSPS) is 43.5. The summed E-state index contributed by atoms with van der Waals surface area (Å²) >= 11 is 0. The second-order valence-electron chi connectivity index (χ2n) is 2.47.